The minimum absolute atomic E-state index is 0.379. The third kappa shape index (κ3) is 1.16. The zero-order chi connectivity index (χ0) is 7.90. The Hall–Kier alpha value is -0.150. The van der Waals surface area contributed by atoms with Crippen LogP contribution in [-0.4, -0.2) is 18.2 Å². The molecule has 0 aromatic carbocycles. The first-order chi connectivity index (χ1) is 5.25. The molecule has 1 spiro atoms. The Balaban J connectivity index is 2.10. The van der Waals surface area contributed by atoms with Gasteiger partial charge in [-0.05, 0) is 19.3 Å². The summed E-state index contributed by atoms with van der Waals surface area (Å²) in [5, 5.41) is 0. The van der Waals surface area contributed by atoms with Gasteiger partial charge in [0.15, 0.2) is 0 Å². The van der Waals surface area contributed by atoms with Crippen LogP contribution in [0.5, 0.6) is 0 Å². The van der Waals surface area contributed by atoms with Gasteiger partial charge in [0.05, 0.1) is 11.6 Å². The molecule has 0 aromatic rings. The highest BCUT2D eigenvalue weighted by Gasteiger charge is 2.52. The Bertz CT molecular complexity index is 189. The smallest absolute Gasteiger partial charge is 0.0766 e. The van der Waals surface area contributed by atoms with E-state index in [4.69, 9.17) is 22.7 Å². The van der Waals surface area contributed by atoms with Crippen molar-refractivity contribution in [2.24, 2.45) is 17.1 Å². The van der Waals surface area contributed by atoms with E-state index in [2.05, 4.69) is 0 Å². The number of hydrogen-bond acceptors (Lipinski definition) is 2. The standard InChI is InChI=1S/C8H13NOS/c9-7(11)6-1-4-10-5-8(6)2-3-8/h6H,1-5H2,(H2,9,11)/t6-/m1/s1. The van der Waals surface area contributed by atoms with Crippen LogP contribution in [0.1, 0.15) is 19.3 Å². The molecule has 1 atom stereocenters. The van der Waals surface area contributed by atoms with Crippen molar-refractivity contribution in [1.82, 2.24) is 0 Å². The van der Waals surface area contributed by atoms with E-state index in [1.54, 1.807) is 0 Å². The maximum Gasteiger partial charge on any atom is 0.0766 e. The van der Waals surface area contributed by atoms with Crippen molar-refractivity contribution in [1.29, 1.82) is 0 Å². The topological polar surface area (TPSA) is 35.2 Å². The third-order valence-electron chi connectivity index (χ3n) is 2.92. The van der Waals surface area contributed by atoms with Gasteiger partial charge in [-0.25, -0.2) is 0 Å². The number of nitrogens with two attached hydrogens (primary N) is 1. The summed E-state index contributed by atoms with van der Waals surface area (Å²) in [6, 6.07) is 0. The second-order valence-electron chi connectivity index (χ2n) is 3.66. The first-order valence-electron chi connectivity index (χ1n) is 4.12. The second-order valence-corrected chi connectivity index (χ2v) is 4.13. The molecule has 0 aromatic heterocycles. The van der Waals surface area contributed by atoms with Crippen LogP contribution in [0.25, 0.3) is 0 Å². The molecule has 0 radical (unpaired) electrons. The average Bonchev–Trinajstić information content (AvgIpc) is 2.70. The fourth-order valence-electron chi connectivity index (χ4n) is 1.98. The van der Waals surface area contributed by atoms with Crippen molar-refractivity contribution in [3.8, 4) is 0 Å². The predicted molar refractivity (Wildman–Crippen MR) is 47.4 cm³/mol. The van der Waals surface area contributed by atoms with Crippen LogP contribution < -0.4 is 5.73 Å². The van der Waals surface area contributed by atoms with Gasteiger partial charge >= 0.3 is 0 Å². The maximum absolute atomic E-state index is 5.66. The molecule has 0 unspecified atom stereocenters. The fraction of sp³-hybridized carbons (Fsp3) is 0.875. The van der Waals surface area contributed by atoms with E-state index in [1.807, 2.05) is 0 Å². The summed E-state index contributed by atoms with van der Waals surface area (Å²) in [5.41, 5.74) is 6.04. The van der Waals surface area contributed by atoms with Crippen molar-refractivity contribution in [3.05, 3.63) is 0 Å². The fourth-order valence-corrected chi connectivity index (χ4v) is 2.35. The summed E-state index contributed by atoms with van der Waals surface area (Å²) in [6.45, 7) is 1.72. The Morgan fingerprint density at radius 2 is 2.27 bits per heavy atom. The molecule has 1 saturated carbocycles. The zero-order valence-electron chi connectivity index (χ0n) is 6.51. The zero-order valence-corrected chi connectivity index (χ0v) is 7.32. The molecule has 2 aliphatic rings. The summed E-state index contributed by atoms with van der Waals surface area (Å²) in [4.78, 5) is 0.700. The van der Waals surface area contributed by atoms with Gasteiger partial charge in [-0.2, -0.15) is 0 Å². The lowest BCUT2D eigenvalue weighted by Crippen LogP contribution is -2.37. The third-order valence-corrected chi connectivity index (χ3v) is 3.20. The molecule has 2 fully saturated rings. The van der Waals surface area contributed by atoms with E-state index in [9.17, 15) is 0 Å². The van der Waals surface area contributed by atoms with Crippen molar-refractivity contribution in [2.45, 2.75) is 19.3 Å². The highest BCUT2D eigenvalue weighted by Crippen LogP contribution is 2.55. The summed E-state index contributed by atoms with van der Waals surface area (Å²) in [5.74, 6) is 0.464. The minimum atomic E-state index is 0.379. The van der Waals surface area contributed by atoms with Gasteiger partial charge in [0, 0.05) is 17.9 Å². The van der Waals surface area contributed by atoms with Crippen molar-refractivity contribution in [2.75, 3.05) is 13.2 Å². The van der Waals surface area contributed by atoms with Gasteiger partial charge < -0.3 is 10.5 Å². The second kappa shape index (κ2) is 2.42. The molecule has 0 amide bonds. The molecular weight excluding hydrogens is 158 g/mol. The van der Waals surface area contributed by atoms with E-state index in [-0.39, 0.29) is 0 Å². The SMILES string of the molecule is NC(=S)[C@H]1CCOCC12CC2. The largest absolute Gasteiger partial charge is 0.393 e. The van der Waals surface area contributed by atoms with E-state index in [0.717, 1.165) is 19.6 Å². The molecule has 1 saturated heterocycles. The van der Waals surface area contributed by atoms with Gasteiger partial charge in [-0.15, -0.1) is 0 Å². The molecule has 3 heteroatoms. The number of hydrogen-bond donors (Lipinski definition) is 1. The van der Waals surface area contributed by atoms with E-state index >= 15 is 0 Å². The maximum atomic E-state index is 5.66. The Kier molecular flexibility index (Phi) is 1.65. The summed E-state index contributed by atoms with van der Waals surface area (Å²) in [7, 11) is 0. The highest BCUT2D eigenvalue weighted by atomic mass is 32.1. The van der Waals surface area contributed by atoms with E-state index < -0.39 is 0 Å². The van der Waals surface area contributed by atoms with Gasteiger partial charge in [0.1, 0.15) is 0 Å². The molecule has 2 nitrogen and oxygen atoms in total. The van der Waals surface area contributed by atoms with Crippen molar-refractivity contribution >= 4 is 17.2 Å². The van der Waals surface area contributed by atoms with Gasteiger partial charge in [-0.3, -0.25) is 0 Å². The molecule has 1 heterocycles. The summed E-state index contributed by atoms with van der Waals surface area (Å²) in [6.07, 6.45) is 3.55. The first-order valence-corrected chi connectivity index (χ1v) is 4.52. The lowest BCUT2D eigenvalue weighted by Gasteiger charge is -2.30. The molecule has 1 aliphatic heterocycles. The Morgan fingerprint density at radius 1 is 1.55 bits per heavy atom. The molecule has 1 aliphatic carbocycles. The van der Waals surface area contributed by atoms with Crippen LogP contribution in [0.2, 0.25) is 0 Å². The summed E-state index contributed by atoms with van der Waals surface area (Å²) < 4.78 is 5.41. The van der Waals surface area contributed by atoms with Crippen LogP contribution >= 0.6 is 12.2 Å². The number of ether oxygens (including phenoxy) is 1. The van der Waals surface area contributed by atoms with Crippen LogP contribution in [-0.2, 0) is 4.74 Å². The molecule has 11 heavy (non-hydrogen) atoms. The lowest BCUT2D eigenvalue weighted by molar-refractivity contribution is 0.0246. The monoisotopic (exact) mass is 171 g/mol. The predicted octanol–water partition coefficient (Wildman–Crippen LogP) is 1.09. The normalized spacial score (nSPS) is 33.6. The number of rotatable bonds is 1. The van der Waals surface area contributed by atoms with Crippen molar-refractivity contribution in [3.63, 3.8) is 0 Å². The first kappa shape index (κ1) is 7.50. The van der Waals surface area contributed by atoms with Crippen LogP contribution in [0.3, 0.4) is 0 Å². The van der Waals surface area contributed by atoms with Crippen LogP contribution in [0.4, 0.5) is 0 Å². The van der Waals surface area contributed by atoms with Gasteiger partial charge in [0.25, 0.3) is 0 Å². The number of thiocarbonyl (C=S) groups is 1. The molecule has 0 bridgehead atoms. The van der Waals surface area contributed by atoms with E-state index in [0.29, 0.717) is 16.3 Å². The average molecular weight is 171 g/mol. The van der Waals surface area contributed by atoms with E-state index in [1.165, 1.54) is 12.8 Å². The van der Waals surface area contributed by atoms with Gasteiger partial charge in [-0.1, -0.05) is 12.2 Å². The Labute approximate surface area is 72.1 Å². The molecule has 2 N–H and O–H groups in total. The Morgan fingerprint density at radius 3 is 2.73 bits per heavy atom. The minimum Gasteiger partial charge on any atom is -0.393 e. The van der Waals surface area contributed by atoms with Crippen LogP contribution in [0.15, 0.2) is 0 Å². The van der Waals surface area contributed by atoms with Gasteiger partial charge in [0.2, 0.25) is 0 Å². The lowest BCUT2D eigenvalue weighted by atomic mass is 9.85. The quantitative estimate of drug-likeness (QED) is 0.600. The molecule has 2 rings (SSSR count). The molecular formula is C8H13NOS. The van der Waals surface area contributed by atoms with Crippen molar-refractivity contribution < 1.29 is 4.74 Å². The highest BCUT2D eigenvalue weighted by molar-refractivity contribution is 7.80. The molecule has 62 valence electrons. The van der Waals surface area contributed by atoms with Crippen LogP contribution in [0, 0.1) is 11.3 Å². The summed E-state index contributed by atoms with van der Waals surface area (Å²) >= 11 is 5.03.